The van der Waals surface area contributed by atoms with E-state index < -0.39 is 33.9 Å². The first-order valence-corrected chi connectivity index (χ1v) is 13.4. The van der Waals surface area contributed by atoms with Gasteiger partial charge in [0.05, 0.1) is 22.6 Å². The van der Waals surface area contributed by atoms with Crippen molar-refractivity contribution >= 4 is 26.9 Å². The van der Waals surface area contributed by atoms with Crippen molar-refractivity contribution in [2.24, 2.45) is 0 Å². The van der Waals surface area contributed by atoms with Crippen LogP contribution in [0.1, 0.15) is 23.2 Å². The highest BCUT2D eigenvalue weighted by atomic mass is 32.2. The number of benzene rings is 1. The Morgan fingerprint density at radius 1 is 1.11 bits per heavy atom. The molecule has 2 atom stereocenters. The average Bonchev–Trinajstić information content (AvgIpc) is 3.34. The summed E-state index contributed by atoms with van der Waals surface area (Å²) in [5, 5.41) is 14.5. The maximum atomic E-state index is 13.3. The van der Waals surface area contributed by atoms with Crippen LogP contribution >= 0.6 is 0 Å². The summed E-state index contributed by atoms with van der Waals surface area (Å²) in [6, 6.07) is 10.1. The smallest absolute Gasteiger partial charge is 0.390 e. The van der Waals surface area contributed by atoms with E-state index in [0.717, 1.165) is 39.5 Å². The molecular formula is C26H26F3N5O3S. The second-order valence-corrected chi connectivity index (χ2v) is 11.3. The average molecular weight is 546 g/mol. The number of H-pyrrole nitrogens is 1. The van der Waals surface area contributed by atoms with Gasteiger partial charge in [0.15, 0.2) is 0 Å². The summed E-state index contributed by atoms with van der Waals surface area (Å²) in [5.41, 5.74) is 3.59. The number of aryl methyl sites for hydroxylation is 2. The van der Waals surface area contributed by atoms with Crippen LogP contribution in [0.3, 0.4) is 0 Å². The minimum absolute atomic E-state index is 0.107. The number of sulfonamides is 1. The molecule has 0 radical (unpaired) electrons. The van der Waals surface area contributed by atoms with Gasteiger partial charge in [-0.25, -0.2) is 18.4 Å². The van der Waals surface area contributed by atoms with Crippen molar-refractivity contribution in [3.8, 4) is 11.1 Å². The molecule has 0 spiro atoms. The number of rotatable bonds is 5. The second-order valence-electron chi connectivity index (χ2n) is 9.36. The van der Waals surface area contributed by atoms with Gasteiger partial charge in [-0.15, -0.1) is 0 Å². The van der Waals surface area contributed by atoms with Crippen LogP contribution in [-0.2, 0) is 16.2 Å². The van der Waals surface area contributed by atoms with Gasteiger partial charge in [-0.2, -0.15) is 17.5 Å². The van der Waals surface area contributed by atoms with Crippen molar-refractivity contribution in [1.29, 1.82) is 0 Å². The molecule has 0 amide bonds. The molecule has 1 aromatic carbocycles. The number of nitrogens with zero attached hydrogens (tertiary/aromatic N) is 3. The lowest BCUT2D eigenvalue weighted by atomic mass is 9.97. The van der Waals surface area contributed by atoms with Crippen molar-refractivity contribution in [3.63, 3.8) is 0 Å². The summed E-state index contributed by atoms with van der Waals surface area (Å²) < 4.78 is 66.1. The van der Waals surface area contributed by atoms with Crippen molar-refractivity contribution in [1.82, 2.24) is 19.3 Å². The van der Waals surface area contributed by atoms with Crippen LogP contribution in [0.2, 0.25) is 0 Å². The number of halogens is 3. The Hall–Kier alpha value is -3.48. The molecule has 5 rings (SSSR count). The number of aromatic nitrogens is 3. The van der Waals surface area contributed by atoms with E-state index in [1.807, 2.05) is 26.1 Å². The lowest BCUT2D eigenvalue weighted by Crippen LogP contribution is -2.51. The molecule has 1 fully saturated rings. The van der Waals surface area contributed by atoms with Gasteiger partial charge in [0.2, 0.25) is 10.0 Å². The number of β-amino-alcohol motifs (C(OH)–C–C–N with tert-alkyl or cyclic N) is 1. The standard InChI is InChI=1S/C26H26F3N5O3S/c1-15-20-9-11-30-25(20)32-16(2)24(15)17-3-6-19(7-4-17)38(36,37)34-12-10-21(22(35)14-34)33-23-8-5-18(13-31-23)26(27,28)29/h3-9,11,13,21-22,35H,10,12,14H2,1-2H3,(H,30,32)(H,31,33)/t21-,22+/m1/s1. The van der Waals surface area contributed by atoms with Crippen LogP contribution in [0.25, 0.3) is 22.2 Å². The molecule has 1 saturated heterocycles. The molecule has 4 aromatic rings. The molecule has 4 heterocycles. The lowest BCUT2D eigenvalue weighted by Gasteiger charge is -2.35. The van der Waals surface area contributed by atoms with Gasteiger partial charge in [0.25, 0.3) is 0 Å². The highest BCUT2D eigenvalue weighted by Crippen LogP contribution is 2.33. The van der Waals surface area contributed by atoms with Crippen LogP contribution in [0, 0.1) is 13.8 Å². The predicted octanol–water partition coefficient (Wildman–Crippen LogP) is 4.50. The number of anilines is 1. The highest BCUT2D eigenvalue weighted by Gasteiger charge is 2.35. The van der Waals surface area contributed by atoms with Crippen LogP contribution in [0.15, 0.2) is 59.8 Å². The number of pyridine rings is 2. The van der Waals surface area contributed by atoms with Crippen molar-refractivity contribution in [2.45, 2.75) is 43.5 Å². The summed E-state index contributed by atoms with van der Waals surface area (Å²) in [6.45, 7) is 3.89. The van der Waals surface area contributed by atoms with Gasteiger partial charge >= 0.3 is 6.18 Å². The third kappa shape index (κ3) is 4.86. The van der Waals surface area contributed by atoms with Gasteiger partial charge in [-0.1, -0.05) is 12.1 Å². The molecule has 38 heavy (non-hydrogen) atoms. The van der Waals surface area contributed by atoms with Gasteiger partial charge in [0.1, 0.15) is 11.5 Å². The topological polar surface area (TPSA) is 111 Å². The summed E-state index contributed by atoms with van der Waals surface area (Å²) in [4.78, 5) is 11.6. The normalized spacial score (nSPS) is 19.1. The fourth-order valence-corrected chi connectivity index (χ4v) is 6.35. The van der Waals surface area contributed by atoms with Gasteiger partial charge < -0.3 is 15.4 Å². The second kappa shape index (κ2) is 9.68. The molecule has 0 unspecified atom stereocenters. The number of aliphatic hydroxyl groups is 1. The SMILES string of the molecule is Cc1nc2[nH]ccc2c(C)c1-c1ccc(S(=O)(=O)N2CC[C@@H](Nc3ccc(C(F)(F)F)cn3)[C@@H](O)C2)cc1. The molecular weight excluding hydrogens is 519 g/mol. The van der Waals surface area contributed by atoms with E-state index >= 15 is 0 Å². The molecule has 200 valence electrons. The Kier molecular flexibility index (Phi) is 6.66. The van der Waals surface area contributed by atoms with Crippen molar-refractivity contribution < 1.29 is 26.7 Å². The lowest BCUT2D eigenvalue weighted by molar-refractivity contribution is -0.137. The Balaban J connectivity index is 1.29. The first-order valence-electron chi connectivity index (χ1n) is 12.0. The Labute approximate surface area is 217 Å². The molecule has 0 saturated carbocycles. The summed E-state index contributed by atoms with van der Waals surface area (Å²) in [7, 11) is -3.87. The zero-order valence-corrected chi connectivity index (χ0v) is 21.4. The summed E-state index contributed by atoms with van der Waals surface area (Å²) in [6.07, 6.45) is -2.77. The number of alkyl halides is 3. The minimum atomic E-state index is -4.49. The number of hydrogen-bond donors (Lipinski definition) is 3. The minimum Gasteiger partial charge on any atom is -0.390 e. The summed E-state index contributed by atoms with van der Waals surface area (Å²) in [5.74, 6) is 0.173. The quantitative estimate of drug-likeness (QED) is 0.341. The number of aromatic amines is 1. The third-order valence-corrected chi connectivity index (χ3v) is 8.77. The van der Waals surface area contributed by atoms with Crippen LogP contribution < -0.4 is 5.32 Å². The van der Waals surface area contributed by atoms with Crippen molar-refractivity contribution in [3.05, 3.63) is 71.7 Å². The number of aliphatic hydroxyl groups excluding tert-OH is 1. The van der Waals surface area contributed by atoms with Gasteiger partial charge in [-0.3, -0.25) is 0 Å². The van der Waals surface area contributed by atoms with Crippen molar-refractivity contribution in [2.75, 3.05) is 18.4 Å². The number of hydrogen-bond acceptors (Lipinski definition) is 6. The Morgan fingerprint density at radius 3 is 2.47 bits per heavy atom. The zero-order chi connectivity index (χ0) is 27.2. The van der Waals surface area contributed by atoms with Gasteiger partial charge in [-0.05, 0) is 61.7 Å². The maximum Gasteiger partial charge on any atom is 0.417 e. The van der Waals surface area contributed by atoms with Crippen LogP contribution in [-0.4, -0.2) is 58.0 Å². The molecule has 12 heteroatoms. The number of fused-ring (bicyclic) bond motifs is 1. The van der Waals surface area contributed by atoms with E-state index in [1.54, 1.807) is 24.3 Å². The predicted molar refractivity (Wildman–Crippen MR) is 137 cm³/mol. The van der Waals surface area contributed by atoms with Gasteiger partial charge in [0, 0.05) is 42.1 Å². The third-order valence-electron chi connectivity index (χ3n) is 6.90. The fourth-order valence-electron chi connectivity index (χ4n) is 4.88. The van der Waals surface area contributed by atoms with E-state index in [-0.39, 0.29) is 30.2 Å². The maximum absolute atomic E-state index is 13.3. The first-order chi connectivity index (χ1) is 17.9. The molecule has 3 aromatic heterocycles. The molecule has 8 nitrogen and oxygen atoms in total. The molecule has 0 bridgehead atoms. The van der Waals surface area contributed by atoms with Crippen LogP contribution in [0.5, 0.6) is 0 Å². The van der Waals surface area contributed by atoms with Crippen LogP contribution in [0.4, 0.5) is 19.0 Å². The first kappa shape index (κ1) is 26.1. The van der Waals surface area contributed by atoms with E-state index in [1.165, 1.54) is 10.4 Å². The molecule has 0 aliphatic carbocycles. The zero-order valence-electron chi connectivity index (χ0n) is 20.6. The molecule has 3 N–H and O–H groups in total. The molecule has 1 aliphatic heterocycles. The fraction of sp³-hybridized carbons (Fsp3) is 0.308. The van der Waals surface area contributed by atoms with E-state index in [4.69, 9.17) is 0 Å². The monoisotopic (exact) mass is 545 g/mol. The molecule has 1 aliphatic rings. The Bertz CT molecular complexity index is 1570. The number of piperidine rings is 1. The number of nitrogens with one attached hydrogen (secondary N) is 2. The Morgan fingerprint density at radius 2 is 1.84 bits per heavy atom. The van der Waals surface area contributed by atoms with E-state index in [9.17, 15) is 26.7 Å². The van der Waals surface area contributed by atoms with E-state index in [2.05, 4.69) is 20.3 Å². The van der Waals surface area contributed by atoms with E-state index in [0.29, 0.717) is 6.20 Å². The largest absolute Gasteiger partial charge is 0.417 e. The summed E-state index contributed by atoms with van der Waals surface area (Å²) >= 11 is 0. The highest BCUT2D eigenvalue weighted by molar-refractivity contribution is 7.89.